The molecule has 0 spiro atoms. The van der Waals surface area contributed by atoms with E-state index >= 15 is 0 Å². The Labute approximate surface area is 142 Å². The Morgan fingerprint density at radius 2 is 1.96 bits per heavy atom. The first-order valence-corrected chi connectivity index (χ1v) is 8.16. The summed E-state index contributed by atoms with van der Waals surface area (Å²) in [6, 6.07) is 5.79. The number of benzene rings is 1. The van der Waals surface area contributed by atoms with E-state index in [9.17, 15) is 4.79 Å². The van der Waals surface area contributed by atoms with Crippen molar-refractivity contribution in [1.29, 1.82) is 0 Å². The summed E-state index contributed by atoms with van der Waals surface area (Å²) in [5, 5.41) is 3.03. The van der Waals surface area contributed by atoms with E-state index in [0.29, 0.717) is 24.0 Å². The van der Waals surface area contributed by atoms with Gasteiger partial charge >= 0.3 is 0 Å². The molecule has 0 atom stereocenters. The molecule has 1 aromatic carbocycles. The lowest BCUT2D eigenvalue weighted by atomic mass is 10.1. The van der Waals surface area contributed by atoms with Crippen molar-refractivity contribution < 1.29 is 14.3 Å². The van der Waals surface area contributed by atoms with Gasteiger partial charge in [0.05, 0.1) is 14.2 Å². The minimum Gasteiger partial charge on any atom is -0.493 e. The van der Waals surface area contributed by atoms with Gasteiger partial charge in [0.25, 0.3) is 0 Å². The van der Waals surface area contributed by atoms with Crippen LogP contribution in [0.1, 0.15) is 18.4 Å². The minimum atomic E-state index is 0.0390. The highest BCUT2D eigenvalue weighted by Gasteiger charge is 2.16. The first-order valence-electron chi connectivity index (χ1n) is 8.16. The van der Waals surface area contributed by atoms with Gasteiger partial charge in [-0.2, -0.15) is 0 Å². The van der Waals surface area contributed by atoms with Gasteiger partial charge in [-0.1, -0.05) is 6.07 Å². The Balaban J connectivity index is 1.76. The van der Waals surface area contributed by atoms with Crippen LogP contribution in [0.2, 0.25) is 0 Å². The zero-order chi connectivity index (χ0) is 17.4. The zero-order valence-electron chi connectivity index (χ0n) is 14.4. The fourth-order valence-corrected chi connectivity index (χ4v) is 2.65. The predicted octanol–water partition coefficient (Wildman–Crippen LogP) is 0.773. The summed E-state index contributed by atoms with van der Waals surface area (Å²) in [4.78, 5) is 17.8. The molecule has 0 bridgehead atoms. The van der Waals surface area contributed by atoms with Crippen LogP contribution in [0.5, 0.6) is 11.5 Å². The Morgan fingerprint density at radius 3 is 2.62 bits per heavy atom. The van der Waals surface area contributed by atoms with E-state index < -0.39 is 0 Å². The average molecular weight is 334 g/mol. The van der Waals surface area contributed by atoms with Crippen molar-refractivity contribution >= 4 is 11.9 Å². The largest absolute Gasteiger partial charge is 0.493 e. The number of likely N-dealkylation sites (tertiary alicyclic amines) is 1. The van der Waals surface area contributed by atoms with E-state index in [2.05, 4.69) is 10.3 Å². The molecule has 1 fully saturated rings. The van der Waals surface area contributed by atoms with Crippen LogP contribution in [0, 0.1) is 0 Å². The summed E-state index contributed by atoms with van der Waals surface area (Å²) in [5.41, 5.74) is 6.91. The molecule has 1 saturated heterocycles. The zero-order valence-corrected chi connectivity index (χ0v) is 14.4. The highest BCUT2D eigenvalue weighted by molar-refractivity contribution is 5.84. The number of ether oxygens (including phenoxy) is 2. The smallest absolute Gasteiger partial charge is 0.244 e. The number of methoxy groups -OCH3 is 2. The van der Waals surface area contributed by atoms with Gasteiger partial charge in [-0.15, -0.1) is 0 Å². The monoisotopic (exact) mass is 334 g/mol. The van der Waals surface area contributed by atoms with Crippen molar-refractivity contribution in [2.45, 2.75) is 19.3 Å². The van der Waals surface area contributed by atoms with E-state index in [0.717, 1.165) is 37.9 Å². The number of rotatable bonds is 7. The third-order valence-corrected chi connectivity index (χ3v) is 4.01. The second-order valence-corrected chi connectivity index (χ2v) is 5.66. The number of nitrogens with two attached hydrogens (primary N) is 1. The van der Waals surface area contributed by atoms with Crippen LogP contribution < -0.4 is 20.5 Å². The van der Waals surface area contributed by atoms with Gasteiger partial charge in [0.15, 0.2) is 17.5 Å². The van der Waals surface area contributed by atoms with Crippen LogP contribution in [-0.2, 0) is 11.2 Å². The van der Waals surface area contributed by atoms with Gasteiger partial charge in [-0.3, -0.25) is 4.79 Å². The molecular weight excluding hydrogens is 308 g/mol. The number of amides is 1. The number of hydrogen-bond donors (Lipinski definition) is 2. The molecule has 0 unspecified atom stereocenters. The topological polar surface area (TPSA) is 89.2 Å². The maximum absolute atomic E-state index is 11.9. The number of guanidine groups is 1. The SMILES string of the molecule is COc1ccc(CCNC(N)=NCC(=O)N2CCCC2)cc1OC. The summed E-state index contributed by atoms with van der Waals surface area (Å²) in [6.07, 6.45) is 2.92. The molecule has 0 aliphatic carbocycles. The molecule has 1 aliphatic heterocycles. The highest BCUT2D eigenvalue weighted by Crippen LogP contribution is 2.27. The quantitative estimate of drug-likeness (QED) is 0.568. The van der Waals surface area contributed by atoms with Crippen molar-refractivity contribution in [3.63, 3.8) is 0 Å². The second-order valence-electron chi connectivity index (χ2n) is 5.66. The van der Waals surface area contributed by atoms with Crippen LogP contribution in [0.4, 0.5) is 0 Å². The lowest BCUT2D eigenvalue weighted by molar-refractivity contribution is -0.128. The fraction of sp³-hybridized carbons (Fsp3) is 0.529. The maximum atomic E-state index is 11.9. The van der Waals surface area contributed by atoms with E-state index in [1.165, 1.54) is 0 Å². The van der Waals surface area contributed by atoms with Crippen LogP contribution in [0.3, 0.4) is 0 Å². The molecule has 24 heavy (non-hydrogen) atoms. The molecular formula is C17H26N4O3. The van der Waals surface area contributed by atoms with Gasteiger partial charge in [-0.05, 0) is 37.0 Å². The molecule has 7 nitrogen and oxygen atoms in total. The van der Waals surface area contributed by atoms with Crippen LogP contribution in [-0.4, -0.2) is 57.2 Å². The Kier molecular flexibility index (Phi) is 6.72. The normalized spacial score (nSPS) is 14.6. The first-order chi connectivity index (χ1) is 11.6. The molecule has 0 aromatic heterocycles. The molecule has 2 rings (SSSR count). The average Bonchev–Trinajstić information content (AvgIpc) is 3.14. The Bertz CT molecular complexity index is 583. The lowest BCUT2D eigenvalue weighted by Crippen LogP contribution is -2.35. The summed E-state index contributed by atoms with van der Waals surface area (Å²) >= 11 is 0. The van der Waals surface area contributed by atoms with Crippen molar-refractivity contribution in [3.8, 4) is 11.5 Å². The molecule has 7 heteroatoms. The van der Waals surface area contributed by atoms with E-state index in [1.54, 1.807) is 14.2 Å². The third kappa shape index (κ3) is 5.04. The highest BCUT2D eigenvalue weighted by atomic mass is 16.5. The second kappa shape index (κ2) is 9.00. The van der Waals surface area contributed by atoms with Crippen molar-refractivity contribution in [1.82, 2.24) is 10.2 Å². The van der Waals surface area contributed by atoms with Gasteiger partial charge in [0.1, 0.15) is 6.54 Å². The summed E-state index contributed by atoms with van der Waals surface area (Å²) in [6.45, 7) is 2.40. The van der Waals surface area contributed by atoms with Gasteiger partial charge in [0, 0.05) is 19.6 Å². The number of carbonyl (C=O) groups is 1. The number of nitrogens with one attached hydrogen (secondary N) is 1. The molecule has 132 valence electrons. The van der Waals surface area contributed by atoms with Crippen LogP contribution >= 0.6 is 0 Å². The molecule has 0 saturated carbocycles. The van der Waals surface area contributed by atoms with Crippen molar-refractivity contribution in [2.24, 2.45) is 10.7 Å². The number of nitrogens with zero attached hydrogens (tertiary/aromatic N) is 2. The Hall–Kier alpha value is -2.44. The summed E-state index contributed by atoms with van der Waals surface area (Å²) in [7, 11) is 3.22. The molecule has 0 radical (unpaired) electrons. The summed E-state index contributed by atoms with van der Waals surface area (Å²) in [5.74, 6) is 1.74. The van der Waals surface area contributed by atoms with Crippen LogP contribution in [0.15, 0.2) is 23.2 Å². The van der Waals surface area contributed by atoms with E-state index in [1.807, 2.05) is 23.1 Å². The van der Waals surface area contributed by atoms with Gasteiger partial charge < -0.3 is 25.4 Å². The van der Waals surface area contributed by atoms with E-state index in [-0.39, 0.29) is 12.5 Å². The molecule has 1 aromatic rings. The van der Waals surface area contributed by atoms with Crippen molar-refractivity contribution in [2.75, 3.05) is 40.4 Å². The Morgan fingerprint density at radius 1 is 1.25 bits per heavy atom. The third-order valence-electron chi connectivity index (χ3n) is 4.01. The van der Waals surface area contributed by atoms with Crippen molar-refractivity contribution in [3.05, 3.63) is 23.8 Å². The van der Waals surface area contributed by atoms with Gasteiger partial charge in [-0.25, -0.2) is 4.99 Å². The summed E-state index contributed by atoms with van der Waals surface area (Å²) < 4.78 is 10.5. The van der Waals surface area contributed by atoms with Crippen LogP contribution in [0.25, 0.3) is 0 Å². The molecule has 1 aliphatic rings. The molecule has 1 amide bonds. The molecule has 1 heterocycles. The predicted molar refractivity (Wildman–Crippen MR) is 93.6 cm³/mol. The number of hydrogen-bond acceptors (Lipinski definition) is 4. The number of carbonyl (C=O) groups excluding carboxylic acids is 1. The number of aliphatic imine (C=N–C) groups is 1. The minimum absolute atomic E-state index is 0.0390. The van der Waals surface area contributed by atoms with E-state index in [4.69, 9.17) is 15.2 Å². The molecule has 3 N–H and O–H groups in total. The van der Waals surface area contributed by atoms with Gasteiger partial charge in [0.2, 0.25) is 5.91 Å². The first kappa shape index (κ1) is 17.9. The fourth-order valence-electron chi connectivity index (χ4n) is 2.65. The standard InChI is InChI=1S/C17H26N4O3/c1-23-14-6-5-13(11-15(14)24-2)7-8-19-17(18)20-12-16(22)21-9-3-4-10-21/h5-6,11H,3-4,7-10,12H2,1-2H3,(H3,18,19,20). The maximum Gasteiger partial charge on any atom is 0.244 e. The lowest BCUT2D eigenvalue weighted by Gasteiger charge is -2.13.